The summed E-state index contributed by atoms with van der Waals surface area (Å²) in [7, 11) is 3.21. The molecule has 1 amide bonds. The van der Waals surface area contributed by atoms with Crippen LogP contribution in [0.3, 0.4) is 0 Å². The number of carbonyl (C=O) groups excluding carboxylic acids is 1. The van der Waals surface area contributed by atoms with Crippen molar-refractivity contribution < 1.29 is 14.6 Å². The Morgan fingerprint density at radius 2 is 2.16 bits per heavy atom. The standard InChI is InChI=1S/C13H20N2O3.ClH/c1-9(7-14)13(17)15(2)8-10-4-5-12(18-3)11(16)6-10;/h4-6,9,16H,7-8,14H2,1-3H3;1H. The van der Waals surface area contributed by atoms with Gasteiger partial charge in [-0.05, 0) is 17.7 Å². The lowest BCUT2D eigenvalue weighted by molar-refractivity contribution is -0.133. The quantitative estimate of drug-likeness (QED) is 0.858. The van der Waals surface area contributed by atoms with Crippen molar-refractivity contribution in [1.29, 1.82) is 0 Å². The van der Waals surface area contributed by atoms with E-state index in [1.165, 1.54) is 7.11 Å². The molecular formula is C13H21ClN2O3. The van der Waals surface area contributed by atoms with E-state index in [1.807, 2.05) is 6.07 Å². The first kappa shape index (κ1) is 17.5. The lowest BCUT2D eigenvalue weighted by Gasteiger charge is -2.21. The van der Waals surface area contributed by atoms with Gasteiger partial charge in [0.2, 0.25) is 5.91 Å². The van der Waals surface area contributed by atoms with Gasteiger partial charge in [0.1, 0.15) is 0 Å². The number of hydrogen-bond acceptors (Lipinski definition) is 4. The van der Waals surface area contributed by atoms with Gasteiger partial charge in [0, 0.05) is 26.1 Å². The number of amides is 1. The molecule has 0 saturated heterocycles. The second-order valence-corrected chi connectivity index (χ2v) is 4.34. The molecule has 0 spiro atoms. The second-order valence-electron chi connectivity index (χ2n) is 4.34. The summed E-state index contributed by atoms with van der Waals surface area (Å²) in [6.45, 7) is 2.56. The number of nitrogens with two attached hydrogens (primary N) is 1. The first-order chi connectivity index (χ1) is 8.49. The van der Waals surface area contributed by atoms with Gasteiger partial charge in [-0.15, -0.1) is 12.4 Å². The molecule has 5 nitrogen and oxygen atoms in total. The highest BCUT2D eigenvalue weighted by Gasteiger charge is 2.16. The van der Waals surface area contributed by atoms with Gasteiger partial charge < -0.3 is 20.5 Å². The second kappa shape index (κ2) is 7.86. The Labute approximate surface area is 119 Å². The number of phenols is 1. The Balaban J connectivity index is 0.00000324. The Kier molecular flexibility index (Phi) is 7.26. The maximum Gasteiger partial charge on any atom is 0.226 e. The van der Waals surface area contributed by atoms with Crippen LogP contribution in [0.25, 0.3) is 0 Å². The summed E-state index contributed by atoms with van der Waals surface area (Å²) in [6.07, 6.45) is 0. The van der Waals surface area contributed by atoms with E-state index in [0.717, 1.165) is 5.56 Å². The highest BCUT2D eigenvalue weighted by molar-refractivity contribution is 5.85. The minimum Gasteiger partial charge on any atom is -0.504 e. The number of rotatable bonds is 5. The molecule has 6 heteroatoms. The fourth-order valence-electron chi connectivity index (χ4n) is 1.66. The molecule has 0 fully saturated rings. The average Bonchev–Trinajstić information content (AvgIpc) is 2.37. The molecule has 0 aromatic heterocycles. The van der Waals surface area contributed by atoms with Gasteiger partial charge in [-0.2, -0.15) is 0 Å². The molecule has 0 heterocycles. The molecule has 1 unspecified atom stereocenters. The summed E-state index contributed by atoms with van der Waals surface area (Å²) < 4.78 is 4.96. The van der Waals surface area contributed by atoms with Crippen LogP contribution in [0.1, 0.15) is 12.5 Å². The van der Waals surface area contributed by atoms with Crippen LogP contribution in [-0.2, 0) is 11.3 Å². The largest absolute Gasteiger partial charge is 0.504 e. The topological polar surface area (TPSA) is 75.8 Å². The number of methoxy groups -OCH3 is 1. The van der Waals surface area contributed by atoms with Gasteiger partial charge in [0.05, 0.1) is 7.11 Å². The molecule has 0 radical (unpaired) electrons. The zero-order valence-corrected chi connectivity index (χ0v) is 12.2. The van der Waals surface area contributed by atoms with Crippen molar-refractivity contribution in [3.05, 3.63) is 23.8 Å². The molecule has 1 aromatic rings. The average molecular weight is 289 g/mol. The van der Waals surface area contributed by atoms with Crippen LogP contribution in [0.2, 0.25) is 0 Å². The highest BCUT2D eigenvalue weighted by atomic mass is 35.5. The third-order valence-electron chi connectivity index (χ3n) is 2.81. The third kappa shape index (κ3) is 4.61. The number of phenolic OH excluding ortho intramolecular Hbond substituents is 1. The fourth-order valence-corrected chi connectivity index (χ4v) is 1.66. The number of halogens is 1. The van der Waals surface area contributed by atoms with E-state index in [0.29, 0.717) is 18.8 Å². The van der Waals surface area contributed by atoms with Crippen molar-refractivity contribution in [2.45, 2.75) is 13.5 Å². The zero-order chi connectivity index (χ0) is 13.7. The van der Waals surface area contributed by atoms with Crippen molar-refractivity contribution in [1.82, 2.24) is 4.90 Å². The molecule has 1 aromatic carbocycles. The molecule has 3 N–H and O–H groups in total. The number of ether oxygens (including phenoxy) is 1. The number of hydrogen-bond donors (Lipinski definition) is 2. The van der Waals surface area contributed by atoms with Crippen LogP contribution in [0.15, 0.2) is 18.2 Å². The van der Waals surface area contributed by atoms with Crippen molar-refractivity contribution >= 4 is 18.3 Å². The van der Waals surface area contributed by atoms with Crippen LogP contribution in [-0.4, -0.2) is 36.6 Å². The minimum atomic E-state index is -0.193. The normalized spacial score (nSPS) is 11.4. The van der Waals surface area contributed by atoms with Crippen molar-refractivity contribution in [3.8, 4) is 11.5 Å². The predicted molar refractivity (Wildman–Crippen MR) is 76.6 cm³/mol. The Morgan fingerprint density at radius 1 is 1.53 bits per heavy atom. The maximum atomic E-state index is 11.8. The van der Waals surface area contributed by atoms with Crippen molar-refractivity contribution in [2.24, 2.45) is 11.7 Å². The summed E-state index contributed by atoms with van der Waals surface area (Å²) in [6, 6.07) is 5.08. The van der Waals surface area contributed by atoms with E-state index in [9.17, 15) is 9.90 Å². The molecular weight excluding hydrogens is 268 g/mol. The molecule has 0 aliphatic carbocycles. The van der Waals surface area contributed by atoms with Crippen molar-refractivity contribution in [2.75, 3.05) is 20.7 Å². The van der Waals surface area contributed by atoms with E-state index in [-0.39, 0.29) is 30.0 Å². The van der Waals surface area contributed by atoms with E-state index >= 15 is 0 Å². The summed E-state index contributed by atoms with van der Waals surface area (Å²) in [4.78, 5) is 13.4. The minimum absolute atomic E-state index is 0. The van der Waals surface area contributed by atoms with E-state index < -0.39 is 0 Å². The summed E-state index contributed by atoms with van der Waals surface area (Å²) >= 11 is 0. The molecule has 1 rings (SSSR count). The van der Waals surface area contributed by atoms with Crippen molar-refractivity contribution in [3.63, 3.8) is 0 Å². The van der Waals surface area contributed by atoms with Gasteiger partial charge in [0.15, 0.2) is 11.5 Å². The molecule has 19 heavy (non-hydrogen) atoms. The smallest absolute Gasteiger partial charge is 0.226 e. The van der Waals surface area contributed by atoms with Gasteiger partial charge in [-0.1, -0.05) is 13.0 Å². The Morgan fingerprint density at radius 3 is 2.63 bits per heavy atom. The van der Waals surface area contributed by atoms with Crippen LogP contribution < -0.4 is 10.5 Å². The highest BCUT2D eigenvalue weighted by Crippen LogP contribution is 2.26. The van der Waals surface area contributed by atoms with E-state index in [4.69, 9.17) is 10.5 Å². The van der Waals surface area contributed by atoms with Gasteiger partial charge >= 0.3 is 0 Å². The van der Waals surface area contributed by atoms with Gasteiger partial charge in [-0.25, -0.2) is 0 Å². The Bertz CT molecular complexity index is 426. The van der Waals surface area contributed by atoms with E-state index in [1.54, 1.807) is 31.0 Å². The van der Waals surface area contributed by atoms with Crippen LogP contribution in [0.4, 0.5) is 0 Å². The molecule has 0 aliphatic heterocycles. The fraction of sp³-hybridized carbons (Fsp3) is 0.462. The zero-order valence-electron chi connectivity index (χ0n) is 11.4. The molecule has 0 bridgehead atoms. The first-order valence-corrected chi connectivity index (χ1v) is 5.80. The maximum absolute atomic E-state index is 11.8. The lowest BCUT2D eigenvalue weighted by Crippen LogP contribution is -2.34. The number of nitrogens with zero attached hydrogens (tertiary/aromatic N) is 1. The molecule has 108 valence electrons. The SMILES string of the molecule is COc1ccc(CN(C)C(=O)C(C)CN)cc1O.Cl. The molecule has 1 atom stereocenters. The molecule has 0 aliphatic rings. The Hall–Kier alpha value is -1.46. The monoisotopic (exact) mass is 288 g/mol. The van der Waals surface area contributed by atoms with Crippen LogP contribution >= 0.6 is 12.4 Å². The lowest BCUT2D eigenvalue weighted by atomic mass is 10.1. The van der Waals surface area contributed by atoms with Crippen LogP contribution in [0.5, 0.6) is 11.5 Å². The third-order valence-corrected chi connectivity index (χ3v) is 2.81. The predicted octanol–water partition coefficient (Wildman–Crippen LogP) is 1.38. The summed E-state index contributed by atoms with van der Waals surface area (Å²) in [5.74, 6) is 0.292. The summed E-state index contributed by atoms with van der Waals surface area (Å²) in [5, 5.41) is 9.65. The summed E-state index contributed by atoms with van der Waals surface area (Å²) in [5.41, 5.74) is 6.30. The van der Waals surface area contributed by atoms with E-state index in [2.05, 4.69) is 0 Å². The van der Waals surface area contributed by atoms with Gasteiger partial charge in [-0.3, -0.25) is 4.79 Å². The van der Waals surface area contributed by atoms with Crippen LogP contribution in [0, 0.1) is 5.92 Å². The van der Waals surface area contributed by atoms with Gasteiger partial charge in [0.25, 0.3) is 0 Å². The molecule has 0 saturated carbocycles. The number of benzene rings is 1. The number of carbonyl (C=O) groups is 1. The number of aromatic hydroxyl groups is 1. The first-order valence-electron chi connectivity index (χ1n) is 5.80.